The highest BCUT2D eigenvalue weighted by Crippen LogP contribution is 2.57. The van der Waals surface area contributed by atoms with E-state index in [9.17, 15) is 15.0 Å². The van der Waals surface area contributed by atoms with Crippen LogP contribution in [0.15, 0.2) is 24.3 Å². The molecular weight excluding hydrogens is 1070 g/mol. The highest BCUT2D eigenvalue weighted by atomic mass is 16.8. The number of rotatable bonds is 6. The summed E-state index contributed by atoms with van der Waals surface area (Å²) in [5.74, 6) is -1.24. The van der Waals surface area contributed by atoms with Crippen molar-refractivity contribution >= 4 is 5.97 Å². The highest BCUT2D eigenvalue weighted by molar-refractivity contribution is 5.70. The predicted molar refractivity (Wildman–Crippen MR) is 296 cm³/mol. The summed E-state index contributed by atoms with van der Waals surface area (Å²) in [5, 5.41) is 29.4. The monoisotopic (exact) mass is 1170 g/mol. The summed E-state index contributed by atoms with van der Waals surface area (Å²) < 4.78 is 98.3. The van der Waals surface area contributed by atoms with Crippen molar-refractivity contribution in [3.8, 4) is 0 Å². The maximum atomic E-state index is 13.8. The van der Waals surface area contributed by atoms with Crippen LogP contribution in [0.5, 0.6) is 0 Å². The molecule has 15 fully saturated rings. The van der Waals surface area contributed by atoms with Crippen molar-refractivity contribution in [3.63, 3.8) is 0 Å². The van der Waals surface area contributed by atoms with Crippen molar-refractivity contribution in [2.75, 3.05) is 13.7 Å². The Morgan fingerprint density at radius 2 is 1.27 bits per heavy atom. The lowest BCUT2D eigenvalue weighted by Crippen LogP contribution is -2.61. The Labute approximate surface area is 491 Å². The van der Waals surface area contributed by atoms with Gasteiger partial charge in [0.25, 0.3) is 0 Å². The van der Waals surface area contributed by atoms with E-state index in [1.807, 2.05) is 0 Å². The van der Waals surface area contributed by atoms with Gasteiger partial charge in [-0.2, -0.15) is 0 Å². The van der Waals surface area contributed by atoms with Gasteiger partial charge in [-0.1, -0.05) is 54.7 Å². The van der Waals surface area contributed by atoms with Gasteiger partial charge in [-0.15, -0.1) is 0 Å². The zero-order valence-electron chi connectivity index (χ0n) is 50.5. The summed E-state index contributed by atoms with van der Waals surface area (Å²) in [6.45, 7) is 23.7. The van der Waals surface area contributed by atoms with Gasteiger partial charge < -0.3 is 86.4 Å². The minimum absolute atomic E-state index is 0.0147. The molecule has 12 bridgehead atoms. The van der Waals surface area contributed by atoms with E-state index >= 15 is 0 Å². The molecule has 19 heteroatoms. The quantitative estimate of drug-likeness (QED) is 0.183. The molecule has 15 heterocycles. The van der Waals surface area contributed by atoms with Gasteiger partial charge in [-0.05, 0) is 93.1 Å². The van der Waals surface area contributed by atoms with Crippen LogP contribution in [0.4, 0.5) is 0 Å². The molecular formula is C64H98O19. The smallest absolute Gasteiger partial charge is 0.308 e. The zero-order valence-corrected chi connectivity index (χ0v) is 50.5. The number of methoxy groups -OCH3 is 1. The lowest BCUT2D eigenvalue weighted by atomic mass is 9.78. The molecule has 19 nitrogen and oxygen atoms in total. The number of fused-ring (bicyclic) bond motifs is 8. The lowest BCUT2D eigenvalue weighted by Gasteiger charge is -2.50. The third-order valence-corrected chi connectivity index (χ3v) is 22.6. The first-order valence-corrected chi connectivity index (χ1v) is 32.4. The molecule has 15 aliphatic heterocycles. The normalized spacial score (nSPS) is 54.3. The Bertz CT molecular complexity index is 2330. The minimum Gasteiger partial charge on any atom is -0.459 e. The molecule has 0 saturated carbocycles. The number of hydrogen-bond acceptors (Lipinski definition) is 19. The lowest BCUT2D eigenvalue weighted by molar-refractivity contribution is -0.347. The first kappa shape index (κ1) is 60.2. The Morgan fingerprint density at radius 1 is 0.578 bits per heavy atom. The molecule has 3 spiro atoms. The molecule has 0 aromatic rings. The molecule has 2 unspecified atom stereocenters. The third-order valence-electron chi connectivity index (χ3n) is 22.6. The maximum Gasteiger partial charge on any atom is 0.308 e. The standard InChI is InChI=1S/C39H56O10.C25H42O9/c1-18-13-24-7-9-27-19(2)14-26(42-27)11-12-39-17-31-35(48-39)36-37(46-31)38(49-39)34-28(45-36)10-8-25(44-34)15-32(40)47-33-22(5)21(4)23(6)41-30(33)16-29(43-24)20(18)3;1-5-17-20(29-4)10-25(31-17)11-21-23(34-25)14(3)9-24(33-21)8-13(2)22-19(32-24)7-18(30-22)16(28)6-15(27)12-26/h18,21-31,33-38H,2-3,7-17H2,1,4-6H3;13-23,26-28H,5-12H2,1-4H3/t18-,21+,22+,23+,24?,25-,26+,27+,28+,29-,30+,31-,33-,34+,35?,36+,37-,38+,39+;13-,14-,15+,16-,17+,18-,19-,20+,21-,22-,23-,24+,25-/m10/s1. The molecule has 0 aliphatic carbocycles. The number of ether oxygens (including phenoxy) is 15. The summed E-state index contributed by atoms with van der Waals surface area (Å²) in [5.41, 5.74) is 2.26. The molecule has 468 valence electrons. The van der Waals surface area contributed by atoms with Gasteiger partial charge in [0.2, 0.25) is 0 Å². The van der Waals surface area contributed by atoms with E-state index in [0.717, 1.165) is 68.9 Å². The zero-order chi connectivity index (χ0) is 58.0. The Balaban J connectivity index is 0.000000166. The van der Waals surface area contributed by atoms with Crippen LogP contribution in [-0.2, 0) is 75.8 Å². The summed E-state index contributed by atoms with van der Waals surface area (Å²) in [4.78, 5) is 13.8. The van der Waals surface area contributed by atoms with E-state index in [1.165, 1.54) is 0 Å². The van der Waals surface area contributed by atoms with E-state index in [1.54, 1.807) is 7.11 Å². The third kappa shape index (κ3) is 11.4. The van der Waals surface area contributed by atoms with Gasteiger partial charge >= 0.3 is 5.97 Å². The van der Waals surface area contributed by atoms with Crippen LogP contribution in [0.2, 0.25) is 0 Å². The molecule has 32 atom stereocenters. The fourth-order valence-electron chi connectivity index (χ4n) is 17.9. The molecule has 0 aromatic carbocycles. The fourth-order valence-corrected chi connectivity index (χ4v) is 17.9. The number of carbonyl (C=O) groups excluding carboxylic acids is 1. The number of carbonyl (C=O) groups is 1. The van der Waals surface area contributed by atoms with E-state index in [2.05, 4.69) is 61.6 Å². The first-order valence-electron chi connectivity index (χ1n) is 32.4. The minimum atomic E-state index is -0.956. The van der Waals surface area contributed by atoms with Crippen molar-refractivity contribution in [3.05, 3.63) is 24.3 Å². The average molecular weight is 1170 g/mol. The molecule has 3 N–H and O–H groups in total. The molecule has 83 heavy (non-hydrogen) atoms. The van der Waals surface area contributed by atoms with Crippen LogP contribution < -0.4 is 0 Å². The van der Waals surface area contributed by atoms with E-state index < -0.39 is 35.7 Å². The van der Waals surface area contributed by atoms with Gasteiger partial charge in [0.15, 0.2) is 17.4 Å². The highest BCUT2D eigenvalue weighted by Gasteiger charge is 2.69. The van der Waals surface area contributed by atoms with Crippen LogP contribution in [0.25, 0.3) is 0 Å². The van der Waals surface area contributed by atoms with Crippen molar-refractivity contribution in [1.29, 1.82) is 0 Å². The topological polar surface area (TPSA) is 216 Å². The van der Waals surface area contributed by atoms with Crippen LogP contribution in [0.1, 0.15) is 164 Å². The van der Waals surface area contributed by atoms with Crippen LogP contribution in [0, 0.1) is 29.6 Å². The van der Waals surface area contributed by atoms with Gasteiger partial charge in [-0.25, -0.2) is 0 Å². The van der Waals surface area contributed by atoms with Crippen molar-refractivity contribution in [2.45, 2.75) is 328 Å². The van der Waals surface area contributed by atoms with Crippen LogP contribution in [-0.4, -0.2) is 199 Å². The van der Waals surface area contributed by atoms with Crippen molar-refractivity contribution in [2.24, 2.45) is 29.6 Å². The Hall–Kier alpha value is -1.73. The molecule has 15 aliphatic rings. The van der Waals surface area contributed by atoms with Gasteiger partial charge in [0.1, 0.15) is 36.6 Å². The molecule has 0 aromatic heterocycles. The summed E-state index contributed by atoms with van der Waals surface area (Å²) in [6, 6.07) is 0. The van der Waals surface area contributed by atoms with Crippen molar-refractivity contribution < 1.29 is 91.2 Å². The summed E-state index contributed by atoms with van der Waals surface area (Å²) in [7, 11) is 1.73. The first-order chi connectivity index (χ1) is 39.7. The van der Waals surface area contributed by atoms with Gasteiger partial charge in [0.05, 0.1) is 123 Å². The number of aliphatic hydroxyl groups is 3. The van der Waals surface area contributed by atoms with E-state index in [0.29, 0.717) is 50.9 Å². The van der Waals surface area contributed by atoms with Crippen molar-refractivity contribution in [1.82, 2.24) is 0 Å². The number of aliphatic hydroxyl groups excluding tert-OH is 3. The summed E-state index contributed by atoms with van der Waals surface area (Å²) >= 11 is 0. The SMILES string of the molecule is C=C1C[C@@H]2CC[C@@]34C[C@H]5O[C@H]6[C@@H](O3)[C@H]3O[C@H](CC[C@@H]3O[C@H]6C5O4)CC(=O)O[C@@H]3[C@@H](C)[C@H](C)[C@H](C)O[C@H]3C[C@H]3OC(CC[C@@H]1O2)C[C@@H](C)C3=C.CC[C@H]1O[C@@]2(C[C@@H]3O[C@]4(C[C@H](C)[C@@H]5O[C@H]([C@@H](O)C[C@@H](O)CO)C[C@@H]5O4)C[C@H](C)[C@@H]3O2)C[C@H]1OC. The van der Waals surface area contributed by atoms with Crippen LogP contribution >= 0.6 is 0 Å². The molecule has 15 saturated heterocycles. The van der Waals surface area contributed by atoms with E-state index in [4.69, 9.17) is 76.2 Å². The Morgan fingerprint density at radius 3 is 2.04 bits per heavy atom. The summed E-state index contributed by atoms with van der Waals surface area (Å²) in [6.07, 6.45) is 7.48. The molecule has 0 amide bonds. The fraction of sp³-hybridized carbons (Fsp3) is 0.922. The molecule has 0 radical (unpaired) electrons. The average Bonchev–Trinajstić information content (AvgIpc) is 2.50. The van der Waals surface area contributed by atoms with Gasteiger partial charge in [0, 0.05) is 70.8 Å². The Kier molecular flexibility index (Phi) is 17.1. The predicted octanol–water partition coefficient (Wildman–Crippen LogP) is 6.84. The van der Waals surface area contributed by atoms with Gasteiger partial charge in [-0.3, -0.25) is 4.79 Å². The van der Waals surface area contributed by atoms with Crippen LogP contribution in [0.3, 0.4) is 0 Å². The number of esters is 1. The van der Waals surface area contributed by atoms with E-state index in [-0.39, 0.29) is 177 Å². The second kappa shape index (κ2) is 23.6. The largest absolute Gasteiger partial charge is 0.459 e. The maximum absolute atomic E-state index is 13.8. The number of hydrogen-bond donors (Lipinski definition) is 3. The second-order valence-corrected chi connectivity index (χ2v) is 28.4. The molecule has 15 rings (SSSR count). The second-order valence-electron chi connectivity index (χ2n) is 28.4.